The van der Waals surface area contributed by atoms with Crippen LogP contribution in [0.4, 0.5) is 5.69 Å². The van der Waals surface area contributed by atoms with E-state index in [2.05, 4.69) is 59.0 Å². The third-order valence-corrected chi connectivity index (χ3v) is 5.90. The molecule has 2 aromatic rings. The van der Waals surface area contributed by atoms with Crippen LogP contribution < -0.4 is 25.6 Å². The number of rotatable bonds is 9. The highest BCUT2D eigenvalue weighted by atomic mass is 127. The van der Waals surface area contributed by atoms with Crippen LogP contribution in [0, 0.1) is 6.92 Å². The highest BCUT2D eigenvalue weighted by Crippen LogP contribution is 2.21. The van der Waals surface area contributed by atoms with E-state index in [1.807, 2.05) is 24.3 Å². The Morgan fingerprint density at radius 2 is 1.88 bits per heavy atom. The first-order valence-corrected chi connectivity index (χ1v) is 12.0. The van der Waals surface area contributed by atoms with Crippen molar-refractivity contribution in [3.05, 3.63) is 59.7 Å². The Morgan fingerprint density at radius 1 is 1.09 bits per heavy atom. The van der Waals surface area contributed by atoms with Gasteiger partial charge in [-0.25, -0.2) is 4.99 Å². The van der Waals surface area contributed by atoms with E-state index in [4.69, 9.17) is 9.73 Å². The predicted molar refractivity (Wildman–Crippen MR) is 148 cm³/mol. The molecule has 1 saturated heterocycles. The Bertz CT molecular complexity index is 962. The number of hydrogen-bond acceptors (Lipinski definition) is 4. The molecular weight excluding hydrogens is 541 g/mol. The fourth-order valence-electron chi connectivity index (χ4n) is 3.93. The number of nitrogens with one attached hydrogen (secondary N) is 3. The molecule has 8 heteroatoms. The van der Waals surface area contributed by atoms with Gasteiger partial charge in [-0.1, -0.05) is 29.8 Å². The third-order valence-electron chi connectivity index (χ3n) is 5.90. The van der Waals surface area contributed by atoms with Gasteiger partial charge < -0.3 is 25.6 Å². The number of halogens is 1. The predicted octanol–water partition coefficient (Wildman–Crippen LogP) is 3.60. The molecule has 2 aromatic carbocycles. The standard InChI is InChI=1S/C26H35N5O2.HI/c1-3-27-26(30-22-13-14-31(17-22)23-11-7-19(2)8-12-23)28-16-20-5-4-6-24(15-20)33-18-25(32)29-21-9-10-21;/h4-8,11-12,15,21-22H,3,9-10,13-14,16-18H2,1-2H3,(H,29,32)(H2,27,28,30);1H. The van der Waals surface area contributed by atoms with E-state index in [9.17, 15) is 4.79 Å². The average molecular weight is 578 g/mol. The fraction of sp³-hybridized carbons (Fsp3) is 0.462. The van der Waals surface area contributed by atoms with Gasteiger partial charge in [-0.05, 0) is 62.9 Å². The van der Waals surface area contributed by atoms with Crippen LogP contribution in [0.3, 0.4) is 0 Å². The van der Waals surface area contributed by atoms with Crippen LogP contribution in [0.15, 0.2) is 53.5 Å². The summed E-state index contributed by atoms with van der Waals surface area (Å²) in [5, 5.41) is 9.88. The molecule has 2 aliphatic rings. The number of hydrogen-bond donors (Lipinski definition) is 3. The molecule has 2 fully saturated rings. The molecule has 34 heavy (non-hydrogen) atoms. The van der Waals surface area contributed by atoms with Crippen molar-refractivity contribution in [3.8, 4) is 5.75 Å². The number of ether oxygens (including phenoxy) is 1. The topological polar surface area (TPSA) is 78.0 Å². The van der Waals surface area contributed by atoms with Crippen molar-refractivity contribution in [3.63, 3.8) is 0 Å². The lowest BCUT2D eigenvalue weighted by molar-refractivity contribution is -0.123. The smallest absolute Gasteiger partial charge is 0.258 e. The molecule has 4 rings (SSSR count). The zero-order valence-corrected chi connectivity index (χ0v) is 22.4. The number of anilines is 1. The lowest BCUT2D eigenvalue weighted by Gasteiger charge is -2.20. The Kier molecular flexibility index (Phi) is 9.86. The molecule has 1 heterocycles. The molecular formula is C26H36IN5O2. The van der Waals surface area contributed by atoms with Gasteiger partial charge in [-0.2, -0.15) is 0 Å². The molecule has 0 bridgehead atoms. The maximum atomic E-state index is 11.9. The summed E-state index contributed by atoms with van der Waals surface area (Å²) in [7, 11) is 0. The Hall–Kier alpha value is -2.49. The molecule has 1 atom stereocenters. The Balaban J connectivity index is 0.00000324. The van der Waals surface area contributed by atoms with E-state index in [1.165, 1.54) is 11.3 Å². The van der Waals surface area contributed by atoms with Crippen LogP contribution in [-0.2, 0) is 11.3 Å². The summed E-state index contributed by atoms with van der Waals surface area (Å²) in [6.45, 7) is 7.57. The molecule has 1 aliphatic heterocycles. The minimum absolute atomic E-state index is 0. The summed E-state index contributed by atoms with van der Waals surface area (Å²) in [5.74, 6) is 1.45. The molecule has 1 amide bonds. The summed E-state index contributed by atoms with van der Waals surface area (Å²) in [6.07, 6.45) is 3.23. The van der Waals surface area contributed by atoms with Gasteiger partial charge in [0.05, 0.1) is 6.54 Å². The number of amides is 1. The summed E-state index contributed by atoms with van der Waals surface area (Å²) in [4.78, 5) is 19.1. The Labute approximate surface area is 219 Å². The molecule has 0 spiro atoms. The van der Waals surface area contributed by atoms with Gasteiger partial charge in [0.1, 0.15) is 5.75 Å². The van der Waals surface area contributed by atoms with Crippen LogP contribution in [0.2, 0.25) is 0 Å². The maximum absolute atomic E-state index is 11.9. The van der Waals surface area contributed by atoms with Crippen LogP contribution in [0.5, 0.6) is 5.75 Å². The SMILES string of the molecule is CCNC(=NCc1cccc(OCC(=O)NC2CC2)c1)NC1CCN(c2ccc(C)cc2)C1.I. The molecule has 7 nitrogen and oxygen atoms in total. The monoisotopic (exact) mass is 577 g/mol. The molecule has 3 N–H and O–H groups in total. The first-order chi connectivity index (χ1) is 16.1. The van der Waals surface area contributed by atoms with Crippen molar-refractivity contribution < 1.29 is 9.53 Å². The zero-order valence-electron chi connectivity index (χ0n) is 20.0. The van der Waals surface area contributed by atoms with Crippen molar-refractivity contribution in [2.45, 2.75) is 51.7 Å². The highest BCUT2D eigenvalue weighted by molar-refractivity contribution is 14.0. The summed E-state index contributed by atoms with van der Waals surface area (Å²) < 4.78 is 5.66. The van der Waals surface area contributed by atoms with Gasteiger partial charge in [-0.15, -0.1) is 24.0 Å². The van der Waals surface area contributed by atoms with Gasteiger partial charge >= 0.3 is 0 Å². The van der Waals surface area contributed by atoms with Gasteiger partial charge in [-0.3, -0.25) is 4.79 Å². The third kappa shape index (κ3) is 8.07. The Morgan fingerprint density at radius 3 is 2.62 bits per heavy atom. The first-order valence-electron chi connectivity index (χ1n) is 12.0. The largest absolute Gasteiger partial charge is 0.484 e. The lowest BCUT2D eigenvalue weighted by Crippen LogP contribution is -2.44. The van der Waals surface area contributed by atoms with Crippen LogP contribution >= 0.6 is 24.0 Å². The molecule has 1 aliphatic carbocycles. The second kappa shape index (κ2) is 12.8. The van der Waals surface area contributed by atoms with E-state index < -0.39 is 0 Å². The second-order valence-electron chi connectivity index (χ2n) is 8.88. The summed E-state index contributed by atoms with van der Waals surface area (Å²) in [5.41, 5.74) is 3.60. The zero-order chi connectivity index (χ0) is 23.0. The second-order valence-corrected chi connectivity index (χ2v) is 8.88. The van der Waals surface area contributed by atoms with Crippen LogP contribution in [0.1, 0.15) is 37.3 Å². The van der Waals surface area contributed by atoms with E-state index in [0.717, 1.165) is 50.4 Å². The van der Waals surface area contributed by atoms with Gasteiger partial charge in [0.15, 0.2) is 12.6 Å². The average Bonchev–Trinajstić information content (AvgIpc) is 3.51. The van der Waals surface area contributed by atoms with Crippen LogP contribution in [-0.4, -0.2) is 50.2 Å². The molecule has 0 aromatic heterocycles. The summed E-state index contributed by atoms with van der Waals surface area (Å²) >= 11 is 0. The minimum Gasteiger partial charge on any atom is -0.484 e. The first kappa shape index (κ1) is 26.1. The van der Waals surface area contributed by atoms with Gasteiger partial charge in [0, 0.05) is 37.4 Å². The van der Waals surface area contributed by atoms with Crippen molar-refractivity contribution in [1.29, 1.82) is 0 Å². The normalized spacial score (nSPS) is 17.6. The fourth-order valence-corrected chi connectivity index (χ4v) is 3.93. The highest BCUT2D eigenvalue weighted by Gasteiger charge is 2.24. The van der Waals surface area contributed by atoms with E-state index in [0.29, 0.717) is 24.4 Å². The summed E-state index contributed by atoms with van der Waals surface area (Å²) in [6, 6.07) is 17.2. The number of nitrogens with zero attached hydrogens (tertiary/aromatic N) is 2. The quantitative estimate of drug-likeness (QED) is 0.241. The number of carbonyl (C=O) groups excluding carboxylic acids is 1. The van der Waals surface area contributed by atoms with Crippen molar-refractivity contribution in [2.75, 3.05) is 31.1 Å². The number of guanidine groups is 1. The number of aryl methyl sites for hydroxylation is 1. The number of aliphatic imine (C=N–C) groups is 1. The maximum Gasteiger partial charge on any atom is 0.258 e. The van der Waals surface area contributed by atoms with Gasteiger partial charge in [0.2, 0.25) is 0 Å². The lowest BCUT2D eigenvalue weighted by atomic mass is 10.2. The number of carbonyl (C=O) groups is 1. The molecule has 0 radical (unpaired) electrons. The number of benzene rings is 2. The van der Waals surface area contributed by atoms with E-state index in [1.54, 1.807) is 0 Å². The van der Waals surface area contributed by atoms with Crippen molar-refractivity contribution in [2.24, 2.45) is 4.99 Å². The van der Waals surface area contributed by atoms with Crippen molar-refractivity contribution in [1.82, 2.24) is 16.0 Å². The van der Waals surface area contributed by atoms with E-state index >= 15 is 0 Å². The van der Waals surface area contributed by atoms with Crippen LogP contribution in [0.25, 0.3) is 0 Å². The molecule has 184 valence electrons. The molecule has 1 saturated carbocycles. The minimum atomic E-state index is -0.0594. The van der Waals surface area contributed by atoms with Crippen molar-refractivity contribution >= 4 is 41.5 Å². The molecule has 1 unspecified atom stereocenters. The van der Waals surface area contributed by atoms with Gasteiger partial charge in [0.25, 0.3) is 5.91 Å². The van der Waals surface area contributed by atoms with E-state index in [-0.39, 0.29) is 36.5 Å².